The van der Waals surface area contributed by atoms with Gasteiger partial charge in [-0.15, -0.1) is 0 Å². The lowest BCUT2D eigenvalue weighted by atomic mass is 10.1. The van der Waals surface area contributed by atoms with E-state index in [4.69, 9.17) is 16.7 Å². The lowest BCUT2D eigenvalue weighted by Crippen LogP contribution is -2.14. The molecule has 1 amide bonds. The van der Waals surface area contributed by atoms with Gasteiger partial charge in [-0.05, 0) is 37.6 Å². The van der Waals surface area contributed by atoms with E-state index in [1.165, 1.54) is 12.3 Å². The number of anilines is 1. The molecular weight excluding hydrogens is 280 g/mol. The molecule has 2 rings (SSSR count). The van der Waals surface area contributed by atoms with Gasteiger partial charge in [0.1, 0.15) is 5.56 Å². The van der Waals surface area contributed by atoms with Crippen molar-refractivity contribution >= 4 is 29.2 Å². The molecule has 0 fully saturated rings. The zero-order valence-corrected chi connectivity index (χ0v) is 11.7. The number of carboxylic acids is 1. The van der Waals surface area contributed by atoms with Gasteiger partial charge in [0.2, 0.25) is 0 Å². The molecule has 3 N–H and O–H groups in total. The SMILES string of the molecule is Cc1cc(Cl)cc(C(=O)Nc2c[nH]c(C)c2C(=O)O)c1. The van der Waals surface area contributed by atoms with E-state index in [0.29, 0.717) is 16.3 Å². The van der Waals surface area contributed by atoms with Gasteiger partial charge in [0.15, 0.2) is 0 Å². The molecule has 0 aliphatic carbocycles. The van der Waals surface area contributed by atoms with Gasteiger partial charge >= 0.3 is 5.97 Å². The number of benzene rings is 1. The number of H-pyrrole nitrogens is 1. The van der Waals surface area contributed by atoms with E-state index in [9.17, 15) is 9.59 Å². The monoisotopic (exact) mass is 292 g/mol. The van der Waals surface area contributed by atoms with Crippen LogP contribution in [0.3, 0.4) is 0 Å². The van der Waals surface area contributed by atoms with E-state index in [1.807, 2.05) is 6.92 Å². The van der Waals surface area contributed by atoms with Crippen molar-refractivity contribution in [3.63, 3.8) is 0 Å². The van der Waals surface area contributed by atoms with Gasteiger partial charge in [-0.3, -0.25) is 4.79 Å². The predicted octanol–water partition coefficient (Wildman–Crippen LogP) is 3.24. The summed E-state index contributed by atoms with van der Waals surface area (Å²) in [5.41, 5.74) is 2.00. The molecule has 0 atom stereocenters. The number of rotatable bonds is 3. The van der Waals surface area contributed by atoms with Crippen LogP contribution in [-0.4, -0.2) is 22.0 Å². The first-order valence-corrected chi connectivity index (χ1v) is 6.26. The van der Waals surface area contributed by atoms with E-state index in [0.717, 1.165) is 5.56 Å². The van der Waals surface area contributed by atoms with Crippen LogP contribution in [0.4, 0.5) is 5.69 Å². The van der Waals surface area contributed by atoms with Gasteiger partial charge in [-0.25, -0.2) is 4.79 Å². The summed E-state index contributed by atoms with van der Waals surface area (Å²) in [6.07, 6.45) is 1.45. The second kappa shape index (κ2) is 5.38. The van der Waals surface area contributed by atoms with Crippen LogP contribution in [-0.2, 0) is 0 Å². The van der Waals surface area contributed by atoms with E-state index in [2.05, 4.69) is 10.3 Å². The number of hydrogen-bond acceptors (Lipinski definition) is 2. The predicted molar refractivity (Wildman–Crippen MR) is 76.6 cm³/mol. The Morgan fingerprint density at radius 3 is 2.55 bits per heavy atom. The Morgan fingerprint density at radius 1 is 1.25 bits per heavy atom. The number of hydrogen-bond donors (Lipinski definition) is 3. The van der Waals surface area contributed by atoms with Gasteiger partial charge in [-0.1, -0.05) is 11.6 Å². The maximum absolute atomic E-state index is 12.1. The average molecular weight is 293 g/mol. The highest BCUT2D eigenvalue weighted by atomic mass is 35.5. The smallest absolute Gasteiger partial charge is 0.339 e. The molecule has 0 spiro atoms. The van der Waals surface area contributed by atoms with Crippen LogP contribution in [0.2, 0.25) is 5.02 Å². The van der Waals surface area contributed by atoms with Crippen LogP contribution in [0.1, 0.15) is 32.0 Å². The van der Waals surface area contributed by atoms with Gasteiger partial charge in [0, 0.05) is 22.5 Å². The third-order valence-corrected chi connectivity index (χ3v) is 3.06. The molecule has 0 bridgehead atoms. The van der Waals surface area contributed by atoms with Gasteiger partial charge < -0.3 is 15.4 Å². The number of aromatic carboxylic acids is 1. The fourth-order valence-corrected chi connectivity index (χ4v) is 2.25. The Bertz CT molecular complexity index is 671. The lowest BCUT2D eigenvalue weighted by molar-refractivity contribution is 0.0697. The Labute approximate surface area is 120 Å². The summed E-state index contributed by atoms with van der Waals surface area (Å²) in [5.74, 6) is -1.50. The summed E-state index contributed by atoms with van der Waals surface area (Å²) in [4.78, 5) is 26.0. The summed E-state index contributed by atoms with van der Waals surface area (Å²) in [7, 11) is 0. The number of halogens is 1. The van der Waals surface area contributed by atoms with Gasteiger partial charge in [-0.2, -0.15) is 0 Å². The van der Waals surface area contributed by atoms with Crippen LogP contribution < -0.4 is 5.32 Å². The number of amides is 1. The third-order valence-electron chi connectivity index (χ3n) is 2.84. The van der Waals surface area contributed by atoms with Crippen molar-refractivity contribution in [1.29, 1.82) is 0 Å². The molecule has 0 unspecified atom stereocenters. The fourth-order valence-electron chi connectivity index (χ4n) is 1.96. The molecule has 0 aliphatic heterocycles. The minimum Gasteiger partial charge on any atom is -0.478 e. The molecule has 6 heteroatoms. The van der Waals surface area contributed by atoms with Crippen molar-refractivity contribution in [2.24, 2.45) is 0 Å². The second-order valence-electron chi connectivity index (χ2n) is 4.48. The van der Waals surface area contributed by atoms with Crippen LogP contribution in [0, 0.1) is 13.8 Å². The molecule has 20 heavy (non-hydrogen) atoms. The molecule has 2 aromatic rings. The number of carboxylic acid groups (broad SMARTS) is 1. The quantitative estimate of drug-likeness (QED) is 0.812. The number of aromatic nitrogens is 1. The third kappa shape index (κ3) is 2.83. The zero-order valence-electron chi connectivity index (χ0n) is 11.0. The molecule has 0 radical (unpaired) electrons. The van der Waals surface area contributed by atoms with E-state index < -0.39 is 11.9 Å². The molecule has 1 heterocycles. The Kier molecular flexibility index (Phi) is 3.81. The van der Waals surface area contributed by atoms with Crippen molar-refractivity contribution < 1.29 is 14.7 Å². The Hall–Kier alpha value is -2.27. The first kappa shape index (κ1) is 14.1. The maximum Gasteiger partial charge on any atom is 0.339 e. The summed E-state index contributed by atoms with van der Waals surface area (Å²) < 4.78 is 0. The highest BCUT2D eigenvalue weighted by Gasteiger charge is 2.18. The van der Waals surface area contributed by atoms with Crippen molar-refractivity contribution in [1.82, 2.24) is 4.98 Å². The van der Waals surface area contributed by atoms with Crippen LogP contribution >= 0.6 is 11.6 Å². The average Bonchev–Trinajstić information content (AvgIpc) is 2.69. The Morgan fingerprint density at radius 2 is 1.95 bits per heavy atom. The maximum atomic E-state index is 12.1. The second-order valence-corrected chi connectivity index (χ2v) is 4.92. The summed E-state index contributed by atoms with van der Waals surface area (Å²) in [6.45, 7) is 3.45. The normalized spacial score (nSPS) is 10.3. The molecule has 1 aromatic heterocycles. The minimum atomic E-state index is -1.10. The molecule has 0 aliphatic rings. The molecule has 1 aromatic carbocycles. The number of aryl methyl sites for hydroxylation is 2. The van der Waals surface area contributed by atoms with Crippen LogP contribution in [0.15, 0.2) is 24.4 Å². The first-order valence-electron chi connectivity index (χ1n) is 5.88. The minimum absolute atomic E-state index is 0.0529. The standard InChI is InChI=1S/C14H13ClN2O3/c1-7-3-9(5-10(15)4-7)13(18)17-11-6-16-8(2)12(11)14(19)20/h3-6,16H,1-2H3,(H,17,18)(H,19,20). The number of nitrogens with one attached hydrogen (secondary N) is 2. The molecule has 0 saturated carbocycles. The highest BCUT2D eigenvalue weighted by Crippen LogP contribution is 2.21. The summed E-state index contributed by atoms with van der Waals surface area (Å²) in [6, 6.07) is 4.95. The summed E-state index contributed by atoms with van der Waals surface area (Å²) >= 11 is 5.90. The van der Waals surface area contributed by atoms with Crippen molar-refractivity contribution in [3.05, 3.63) is 51.8 Å². The summed E-state index contributed by atoms with van der Waals surface area (Å²) in [5, 5.41) is 12.1. The lowest BCUT2D eigenvalue weighted by Gasteiger charge is -2.06. The van der Waals surface area contributed by atoms with Crippen LogP contribution in [0.25, 0.3) is 0 Å². The van der Waals surface area contributed by atoms with E-state index >= 15 is 0 Å². The largest absolute Gasteiger partial charge is 0.478 e. The fraction of sp³-hybridized carbons (Fsp3) is 0.143. The molecule has 104 valence electrons. The highest BCUT2D eigenvalue weighted by molar-refractivity contribution is 6.31. The topological polar surface area (TPSA) is 82.2 Å². The van der Waals surface area contributed by atoms with Gasteiger partial charge in [0.25, 0.3) is 5.91 Å². The zero-order chi connectivity index (χ0) is 14.9. The Balaban J connectivity index is 2.30. The number of carbonyl (C=O) groups excluding carboxylic acids is 1. The van der Waals surface area contributed by atoms with Crippen molar-refractivity contribution in [3.8, 4) is 0 Å². The first-order chi connectivity index (χ1) is 9.38. The molecule has 0 saturated heterocycles. The van der Waals surface area contributed by atoms with Gasteiger partial charge in [0.05, 0.1) is 5.69 Å². The molecular formula is C14H13ClN2O3. The van der Waals surface area contributed by atoms with E-state index in [-0.39, 0.29) is 11.3 Å². The van der Waals surface area contributed by atoms with Crippen LogP contribution in [0.5, 0.6) is 0 Å². The number of carbonyl (C=O) groups is 2. The van der Waals surface area contributed by atoms with E-state index in [1.54, 1.807) is 19.1 Å². The van der Waals surface area contributed by atoms with Crippen molar-refractivity contribution in [2.75, 3.05) is 5.32 Å². The molecule has 5 nitrogen and oxygen atoms in total. The number of aromatic amines is 1. The van der Waals surface area contributed by atoms with Crippen molar-refractivity contribution in [2.45, 2.75) is 13.8 Å².